The highest BCUT2D eigenvalue weighted by atomic mass is 16.6. The maximum absolute atomic E-state index is 11.2. The first-order valence-corrected chi connectivity index (χ1v) is 4.82. The summed E-state index contributed by atoms with van der Waals surface area (Å²) in [5.74, 6) is -0.100. The minimum absolute atomic E-state index is 0.0740. The SMILES string of the molecule is CC1CC(NCC(C)(C)C)C(=O)O1. The summed E-state index contributed by atoms with van der Waals surface area (Å²) in [7, 11) is 0. The first kappa shape index (κ1) is 10.5. The second-order valence-electron chi connectivity index (χ2n) is 4.98. The van der Waals surface area contributed by atoms with Crippen LogP contribution >= 0.6 is 0 Å². The molecule has 3 nitrogen and oxygen atoms in total. The molecule has 1 fully saturated rings. The van der Waals surface area contributed by atoms with E-state index in [-0.39, 0.29) is 23.5 Å². The minimum atomic E-state index is -0.100. The van der Waals surface area contributed by atoms with Gasteiger partial charge in [-0.3, -0.25) is 4.79 Å². The van der Waals surface area contributed by atoms with Crippen molar-refractivity contribution in [3.05, 3.63) is 0 Å². The van der Waals surface area contributed by atoms with Gasteiger partial charge in [-0.15, -0.1) is 0 Å². The Labute approximate surface area is 79.8 Å². The van der Waals surface area contributed by atoms with E-state index in [9.17, 15) is 4.79 Å². The van der Waals surface area contributed by atoms with Crippen molar-refractivity contribution < 1.29 is 9.53 Å². The number of hydrogen-bond donors (Lipinski definition) is 1. The summed E-state index contributed by atoms with van der Waals surface area (Å²) in [5, 5.41) is 3.23. The lowest BCUT2D eigenvalue weighted by atomic mass is 9.96. The van der Waals surface area contributed by atoms with Gasteiger partial charge in [0, 0.05) is 13.0 Å². The lowest BCUT2D eigenvalue weighted by molar-refractivity contribution is -0.142. The molecule has 76 valence electrons. The minimum Gasteiger partial charge on any atom is -0.461 e. The van der Waals surface area contributed by atoms with E-state index in [1.54, 1.807) is 0 Å². The summed E-state index contributed by atoms with van der Waals surface area (Å²) < 4.78 is 5.04. The second-order valence-corrected chi connectivity index (χ2v) is 4.98. The fraction of sp³-hybridized carbons (Fsp3) is 0.900. The summed E-state index contributed by atoms with van der Waals surface area (Å²) in [4.78, 5) is 11.2. The average Bonchev–Trinajstić information content (AvgIpc) is 2.24. The Bertz CT molecular complexity index is 196. The molecule has 2 unspecified atom stereocenters. The summed E-state index contributed by atoms with van der Waals surface area (Å²) in [6.45, 7) is 9.20. The molecule has 0 radical (unpaired) electrons. The Kier molecular flexibility index (Phi) is 2.96. The normalized spacial score (nSPS) is 29.1. The quantitative estimate of drug-likeness (QED) is 0.659. The van der Waals surface area contributed by atoms with Crippen molar-refractivity contribution in [3.63, 3.8) is 0 Å². The molecule has 1 aliphatic heterocycles. The first-order chi connectivity index (χ1) is 5.88. The molecule has 0 amide bonds. The number of esters is 1. The molecule has 0 aromatic rings. The molecule has 3 heteroatoms. The van der Waals surface area contributed by atoms with Crippen molar-refractivity contribution in [1.29, 1.82) is 0 Å². The van der Waals surface area contributed by atoms with E-state index in [1.807, 2.05) is 6.92 Å². The van der Waals surface area contributed by atoms with E-state index in [0.717, 1.165) is 13.0 Å². The Morgan fingerprint density at radius 2 is 2.15 bits per heavy atom. The van der Waals surface area contributed by atoms with E-state index in [1.165, 1.54) is 0 Å². The Hall–Kier alpha value is -0.570. The van der Waals surface area contributed by atoms with Crippen LogP contribution in [-0.2, 0) is 9.53 Å². The van der Waals surface area contributed by atoms with Gasteiger partial charge in [0.15, 0.2) is 0 Å². The molecular formula is C10H19NO2. The van der Waals surface area contributed by atoms with Crippen LogP contribution in [0.25, 0.3) is 0 Å². The Balaban J connectivity index is 2.34. The number of cyclic esters (lactones) is 1. The van der Waals surface area contributed by atoms with Crippen LogP contribution in [0.5, 0.6) is 0 Å². The van der Waals surface area contributed by atoms with Crippen LogP contribution in [0.2, 0.25) is 0 Å². The molecule has 1 N–H and O–H groups in total. The molecule has 0 bridgehead atoms. The highest BCUT2D eigenvalue weighted by molar-refractivity contribution is 5.77. The van der Waals surface area contributed by atoms with Gasteiger partial charge in [-0.1, -0.05) is 20.8 Å². The average molecular weight is 185 g/mol. The van der Waals surface area contributed by atoms with Crippen LogP contribution in [0.15, 0.2) is 0 Å². The Morgan fingerprint density at radius 1 is 1.54 bits per heavy atom. The van der Waals surface area contributed by atoms with Gasteiger partial charge in [0.25, 0.3) is 0 Å². The molecule has 0 aromatic heterocycles. The maximum Gasteiger partial charge on any atom is 0.323 e. The van der Waals surface area contributed by atoms with E-state index in [4.69, 9.17) is 4.74 Å². The van der Waals surface area contributed by atoms with Crippen LogP contribution in [0, 0.1) is 5.41 Å². The Morgan fingerprint density at radius 3 is 2.54 bits per heavy atom. The molecule has 13 heavy (non-hydrogen) atoms. The fourth-order valence-corrected chi connectivity index (χ4v) is 1.35. The molecule has 1 saturated heterocycles. The van der Waals surface area contributed by atoms with Crippen molar-refractivity contribution in [1.82, 2.24) is 5.32 Å². The van der Waals surface area contributed by atoms with Crippen molar-refractivity contribution >= 4 is 5.97 Å². The topological polar surface area (TPSA) is 38.3 Å². The molecule has 1 heterocycles. The third-order valence-electron chi connectivity index (χ3n) is 2.05. The fourth-order valence-electron chi connectivity index (χ4n) is 1.35. The zero-order valence-corrected chi connectivity index (χ0v) is 8.89. The number of hydrogen-bond acceptors (Lipinski definition) is 3. The van der Waals surface area contributed by atoms with Gasteiger partial charge in [0.05, 0.1) is 0 Å². The van der Waals surface area contributed by atoms with Gasteiger partial charge in [0.2, 0.25) is 0 Å². The molecular weight excluding hydrogens is 166 g/mol. The highest BCUT2D eigenvalue weighted by Gasteiger charge is 2.31. The number of nitrogens with one attached hydrogen (secondary N) is 1. The molecule has 1 aliphatic rings. The second kappa shape index (κ2) is 3.66. The first-order valence-electron chi connectivity index (χ1n) is 4.82. The maximum atomic E-state index is 11.2. The van der Waals surface area contributed by atoms with E-state index in [0.29, 0.717) is 0 Å². The predicted molar refractivity (Wildman–Crippen MR) is 51.4 cm³/mol. The molecule has 0 aromatic carbocycles. The van der Waals surface area contributed by atoms with Gasteiger partial charge >= 0.3 is 5.97 Å². The largest absolute Gasteiger partial charge is 0.461 e. The van der Waals surface area contributed by atoms with Gasteiger partial charge in [-0.2, -0.15) is 0 Å². The molecule has 2 atom stereocenters. The van der Waals surface area contributed by atoms with Gasteiger partial charge < -0.3 is 10.1 Å². The molecule has 1 rings (SSSR count). The summed E-state index contributed by atoms with van der Waals surface area (Å²) in [6.07, 6.45) is 0.875. The lowest BCUT2D eigenvalue weighted by Crippen LogP contribution is -2.38. The van der Waals surface area contributed by atoms with Crippen LogP contribution in [0.4, 0.5) is 0 Å². The van der Waals surface area contributed by atoms with Crippen molar-refractivity contribution in [2.45, 2.75) is 46.3 Å². The van der Waals surface area contributed by atoms with Gasteiger partial charge in [-0.05, 0) is 12.3 Å². The summed E-state index contributed by atoms with van der Waals surface area (Å²) in [5.41, 5.74) is 0.214. The lowest BCUT2D eigenvalue weighted by Gasteiger charge is -2.20. The zero-order chi connectivity index (χ0) is 10.1. The van der Waals surface area contributed by atoms with Crippen LogP contribution in [0.3, 0.4) is 0 Å². The predicted octanol–water partition coefficient (Wildman–Crippen LogP) is 1.33. The third kappa shape index (κ3) is 3.35. The van der Waals surface area contributed by atoms with E-state index in [2.05, 4.69) is 26.1 Å². The van der Waals surface area contributed by atoms with Crippen molar-refractivity contribution in [2.75, 3.05) is 6.54 Å². The standard InChI is InChI=1S/C10H19NO2/c1-7-5-8(9(12)13-7)11-6-10(2,3)4/h7-8,11H,5-6H2,1-4H3. The summed E-state index contributed by atoms with van der Waals surface area (Å²) >= 11 is 0. The number of rotatable bonds is 2. The zero-order valence-electron chi connectivity index (χ0n) is 8.89. The van der Waals surface area contributed by atoms with Gasteiger partial charge in [0.1, 0.15) is 12.1 Å². The van der Waals surface area contributed by atoms with Crippen molar-refractivity contribution in [2.24, 2.45) is 5.41 Å². The molecule has 0 saturated carbocycles. The van der Waals surface area contributed by atoms with E-state index < -0.39 is 0 Å². The molecule has 0 spiro atoms. The van der Waals surface area contributed by atoms with Crippen LogP contribution in [-0.4, -0.2) is 24.7 Å². The number of carbonyl (C=O) groups excluding carboxylic acids is 1. The molecule has 0 aliphatic carbocycles. The number of carbonyl (C=O) groups is 1. The monoisotopic (exact) mass is 185 g/mol. The number of ether oxygens (including phenoxy) is 1. The van der Waals surface area contributed by atoms with Crippen LogP contribution in [0.1, 0.15) is 34.1 Å². The van der Waals surface area contributed by atoms with Crippen LogP contribution < -0.4 is 5.32 Å². The highest BCUT2D eigenvalue weighted by Crippen LogP contribution is 2.16. The smallest absolute Gasteiger partial charge is 0.323 e. The third-order valence-corrected chi connectivity index (χ3v) is 2.05. The van der Waals surface area contributed by atoms with Gasteiger partial charge in [-0.25, -0.2) is 0 Å². The summed E-state index contributed by atoms with van der Waals surface area (Å²) in [6, 6.07) is -0.0887. The van der Waals surface area contributed by atoms with Crippen molar-refractivity contribution in [3.8, 4) is 0 Å². The van der Waals surface area contributed by atoms with E-state index >= 15 is 0 Å².